The second-order valence-electron chi connectivity index (χ2n) is 5.37. The van der Waals surface area contributed by atoms with Crippen LogP contribution in [0.15, 0.2) is 23.1 Å². The quantitative estimate of drug-likeness (QED) is 0.841. The highest BCUT2D eigenvalue weighted by Gasteiger charge is 2.36. The van der Waals surface area contributed by atoms with Gasteiger partial charge in [-0.1, -0.05) is 17.7 Å². The molecule has 1 aromatic rings. The highest BCUT2D eigenvalue weighted by Crippen LogP contribution is 2.36. The zero-order chi connectivity index (χ0) is 13.5. The summed E-state index contributed by atoms with van der Waals surface area (Å²) in [5.74, 6) is 0.538. The zero-order valence-electron chi connectivity index (χ0n) is 11.5. The van der Waals surface area contributed by atoms with Crippen LogP contribution >= 0.6 is 0 Å². The summed E-state index contributed by atoms with van der Waals surface area (Å²) >= 11 is 0. The van der Waals surface area contributed by atoms with Crippen LogP contribution < -0.4 is 0 Å². The van der Waals surface area contributed by atoms with Crippen molar-refractivity contribution in [2.24, 2.45) is 5.92 Å². The van der Waals surface area contributed by atoms with Gasteiger partial charge in [-0.15, -0.1) is 0 Å². The predicted molar refractivity (Wildman–Crippen MR) is 73.1 cm³/mol. The maximum absolute atomic E-state index is 12.6. The molecule has 1 aliphatic rings. The molecule has 1 aromatic carbocycles. The average molecular weight is 267 g/mol. The van der Waals surface area contributed by atoms with E-state index >= 15 is 0 Å². The Labute approximate surface area is 110 Å². The third kappa shape index (κ3) is 2.45. The summed E-state index contributed by atoms with van der Waals surface area (Å²) in [6.07, 6.45) is 2.29. The number of aryl methyl sites for hydroxylation is 2. The van der Waals surface area contributed by atoms with Crippen LogP contribution in [-0.2, 0) is 10.0 Å². The molecule has 0 spiro atoms. The highest BCUT2D eigenvalue weighted by molar-refractivity contribution is 7.89. The van der Waals surface area contributed by atoms with Crippen LogP contribution in [0.25, 0.3) is 0 Å². The van der Waals surface area contributed by atoms with Crippen molar-refractivity contribution >= 4 is 10.0 Å². The normalized spacial score (nSPS) is 18.1. The molecule has 1 saturated carbocycles. The molecule has 2 rings (SSSR count). The molecule has 0 bridgehead atoms. The van der Waals surface area contributed by atoms with Crippen molar-refractivity contribution < 1.29 is 8.42 Å². The number of sulfonamides is 1. The first-order chi connectivity index (χ1) is 8.34. The maximum Gasteiger partial charge on any atom is 0.243 e. The van der Waals surface area contributed by atoms with E-state index in [1.165, 1.54) is 4.31 Å². The molecule has 1 atom stereocenters. The minimum absolute atomic E-state index is 0.0932. The summed E-state index contributed by atoms with van der Waals surface area (Å²) in [5, 5.41) is 0. The lowest BCUT2D eigenvalue weighted by Crippen LogP contribution is -2.36. The number of nitrogens with zero attached hydrogens (tertiary/aromatic N) is 1. The Morgan fingerprint density at radius 3 is 2.39 bits per heavy atom. The van der Waals surface area contributed by atoms with Crippen molar-refractivity contribution in [1.82, 2.24) is 4.31 Å². The topological polar surface area (TPSA) is 37.4 Å². The second-order valence-corrected chi connectivity index (χ2v) is 7.33. The molecule has 0 saturated heterocycles. The summed E-state index contributed by atoms with van der Waals surface area (Å²) in [6.45, 7) is 5.83. The van der Waals surface area contributed by atoms with E-state index in [9.17, 15) is 8.42 Å². The molecule has 1 unspecified atom stereocenters. The van der Waals surface area contributed by atoms with E-state index in [2.05, 4.69) is 0 Å². The monoisotopic (exact) mass is 267 g/mol. The van der Waals surface area contributed by atoms with Crippen LogP contribution in [0.2, 0.25) is 0 Å². The van der Waals surface area contributed by atoms with Crippen LogP contribution in [0.4, 0.5) is 0 Å². The molecule has 1 aliphatic carbocycles. The summed E-state index contributed by atoms with van der Waals surface area (Å²) in [7, 11) is -1.67. The maximum atomic E-state index is 12.6. The molecular weight excluding hydrogens is 246 g/mol. The third-order valence-electron chi connectivity index (χ3n) is 3.87. The smallest absolute Gasteiger partial charge is 0.207 e. The van der Waals surface area contributed by atoms with Gasteiger partial charge in [0.2, 0.25) is 10.0 Å². The largest absolute Gasteiger partial charge is 0.243 e. The lowest BCUT2D eigenvalue weighted by molar-refractivity contribution is 0.357. The Bertz CT molecular complexity index is 547. The van der Waals surface area contributed by atoms with Crippen molar-refractivity contribution in [1.29, 1.82) is 0 Å². The Kier molecular flexibility index (Phi) is 3.52. The molecule has 0 amide bonds. The third-order valence-corrected chi connectivity index (χ3v) is 5.97. The fourth-order valence-electron chi connectivity index (χ4n) is 2.34. The number of benzene rings is 1. The van der Waals surface area contributed by atoms with Gasteiger partial charge in [-0.2, -0.15) is 4.31 Å². The van der Waals surface area contributed by atoms with Crippen LogP contribution in [0.1, 0.15) is 30.9 Å². The molecule has 100 valence electrons. The molecule has 4 heteroatoms. The van der Waals surface area contributed by atoms with Crippen LogP contribution in [0.3, 0.4) is 0 Å². The SMILES string of the molecule is Cc1ccc(S(=O)(=O)N(C)C(C)C2CC2)c(C)c1. The van der Waals surface area contributed by atoms with E-state index in [0.717, 1.165) is 24.0 Å². The van der Waals surface area contributed by atoms with Gasteiger partial charge in [-0.3, -0.25) is 0 Å². The number of hydrogen-bond donors (Lipinski definition) is 0. The summed E-state index contributed by atoms with van der Waals surface area (Å²) in [6, 6.07) is 5.59. The minimum Gasteiger partial charge on any atom is -0.207 e. The molecule has 0 N–H and O–H groups in total. The molecule has 3 nitrogen and oxygen atoms in total. The number of rotatable bonds is 4. The molecule has 0 heterocycles. The van der Waals surface area contributed by atoms with Crippen molar-refractivity contribution in [3.8, 4) is 0 Å². The molecular formula is C14H21NO2S. The fourth-order valence-corrected chi connectivity index (χ4v) is 3.96. The Morgan fingerprint density at radius 1 is 1.28 bits per heavy atom. The summed E-state index contributed by atoms with van der Waals surface area (Å²) in [4.78, 5) is 0.433. The van der Waals surface area contributed by atoms with E-state index in [4.69, 9.17) is 0 Å². The number of hydrogen-bond acceptors (Lipinski definition) is 2. The summed E-state index contributed by atoms with van der Waals surface area (Å²) in [5.41, 5.74) is 1.91. The van der Waals surface area contributed by atoms with Crippen molar-refractivity contribution in [2.75, 3.05) is 7.05 Å². The average Bonchev–Trinajstić information content (AvgIpc) is 3.10. The van der Waals surface area contributed by atoms with Gasteiger partial charge in [0.05, 0.1) is 4.90 Å². The second kappa shape index (κ2) is 4.67. The van der Waals surface area contributed by atoms with Gasteiger partial charge in [0.25, 0.3) is 0 Å². The van der Waals surface area contributed by atoms with E-state index in [0.29, 0.717) is 10.8 Å². The standard InChI is InChI=1S/C14H21NO2S/c1-10-5-8-14(11(2)9-10)18(16,17)15(4)12(3)13-6-7-13/h5,8-9,12-13H,6-7H2,1-4H3. The van der Waals surface area contributed by atoms with E-state index < -0.39 is 10.0 Å². The summed E-state index contributed by atoms with van der Waals surface area (Å²) < 4.78 is 26.7. The first-order valence-corrected chi connectivity index (χ1v) is 7.83. The molecule has 0 radical (unpaired) electrons. The Hall–Kier alpha value is -0.870. The van der Waals surface area contributed by atoms with Gasteiger partial charge in [0.15, 0.2) is 0 Å². The van der Waals surface area contributed by atoms with Gasteiger partial charge in [0, 0.05) is 13.1 Å². The molecule has 0 aliphatic heterocycles. The molecule has 18 heavy (non-hydrogen) atoms. The van der Waals surface area contributed by atoms with Crippen LogP contribution in [0.5, 0.6) is 0 Å². The van der Waals surface area contributed by atoms with E-state index in [-0.39, 0.29) is 6.04 Å². The lowest BCUT2D eigenvalue weighted by Gasteiger charge is -2.25. The van der Waals surface area contributed by atoms with Gasteiger partial charge < -0.3 is 0 Å². The van der Waals surface area contributed by atoms with Gasteiger partial charge in [-0.25, -0.2) is 8.42 Å². The van der Waals surface area contributed by atoms with E-state index in [1.807, 2.05) is 32.9 Å². The first kappa shape index (κ1) is 13.6. The highest BCUT2D eigenvalue weighted by atomic mass is 32.2. The van der Waals surface area contributed by atoms with Crippen molar-refractivity contribution in [3.63, 3.8) is 0 Å². The fraction of sp³-hybridized carbons (Fsp3) is 0.571. The van der Waals surface area contributed by atoms with Crippen LogP contribution in [0, 0.1) is 19.8 Å². The van der Waals surface area contributed by atoms with Crippen molar-refractivity contribution in [2.45, 2.75) is 44.6 Å². The first-order valence-electron chi connectivity index (χ1n) is 6.39. The van der Waals surface area contributed by atoms with Gasteiger partial charge in [0.1, 0.15) is 0 Å². The van der Waals surface area contributed by atoms with Crippen molar-refractivity contribution in [3.05, 3.63) is 29.3 Å². The Morgan fingerprint density at radius 2 is 1.89 bits per heavy atom. The Balaban J connectivity index is 2.34. The predicted octanol–water partition coefficient (Wildman–Crippen LogP) is 2.72. The van der Waals surface area contributed by atoms with E-state index in [1.54, 1.807) is 13.1 Å². The van der Waals surface area contributed by atoms with Crippen LogP contribution in [-0.4, -0.2) is 25.8 Å². The van der Waals surface area contributed by atoms with Gasteiger partial charge >= 0.3 is 0 Å². The van der Waals surface area contributed by atoms with Gasteiger partial charge in [-0.05, 0) is 51.2 Å². The molecule has 1 fully saturated rings. The molecule has 0 aromatic heterocycles. The minimum atomic E-state index is -3.36. The lowest BCUT2D eigenvalue weighted by atomic mass is 10.2. The zero-order valence-corrected chi connectivity index (χ0v) is 12.3.